The van der Waals surface area contributed by atoms with Crippen LogP contribution in [0.15, 0.2) is 262 Å². The van der Waals surface area contributed by atoms with E-state index < -0.39 is 39.3 Å². The van der Waals surface area contributed by atoms with Gasteiger partial charge in [0.15, 0.2) is 39.3 Å². The van der Waals surface area contributed by atoms with Crippen LogP contribution in [-0.2, 0) is 65.0 Å². The Bertz CT molecular complexity index is 5570. The van der Waals surface area contributed by atoms with Crippen LogP contribution in [0, 0.1) is 0 Å². The first-order chi connectivity index (χ1) is 57.7. The highest BCUT2D eigenvalue weighted by atomic mass is 32.2. The third-order valence-electron chi connectivity index (χ3n) is 20.5. The van der Waals surface area contributed by atoms with Gasteiger partial charge in [-0.2, -0.15) is 0 Å². The zero-order valence-electron chi connectivity index (χ0n) is 68.5. The lowest BCUT2D eigenvalue weighted by atomic mass is 9.88. The van der Waals surface area contributed by atoms with Gasteiger partial charge in [-0.3, -0.25) is 0 Å². The molecule has 1 aliphatic carbocycles. The molecule has 0 spiro atoms. The van der Waals surface area contributed by atoms with Crippen LogP contribution in [0.3, 0.4) is 0 Å². The van der Waals surface area contributed by atoms with Gasteiger partial charge in [0.25, 0.3) is 0 Å². The van der Waals surface area contributed by atoms with E-state index in [-0.39, 0.29) is 19.6 Å². The number of hydrogen-bond acceptors (Lipinski definition) is 12. The van der Waals surface area contributed by atoms with Crippen molar-refractivity contribution in [1.82, 2.24) is 0 Å². The van der Waals surface area contributed by atoms with E-state index in [1.54, 1.807) is 97.1 Å². The quantitative estimate of drug-likeness (QED) is 0.0425. The number of ether oxygens (including phenoxy) is 4. The van der Waals surface area contributed by atoms with E-state index in [0.717, 1.165) is 157 Å². The van der Waals surface area contributed by atoms with Gasteiger partial charge in [-0.25, -0.2) is 33.7 Å². The molecule has 8 bridgehead atoms. The molecule has 0 fully saturated rings. The van der Waals surface area contributed by atoms with Gasteiger partial charge in [-0.1, -0.05) is 243 Å². The Morgan fingerprint density at radius 3 is 0.408 bits per heavy atom. The molecule has 120 heavy (non-hydrogen) atoms. The van der Waals surface area contributed by atoms with Crippen molar-refractivity contribution >= 4 is 137 Å². The minimum atomic E-state index is -3.32. The first kappa shape index (κ1) is 85.4. The van der Waals surface area contributed by atoms with Crippen LogP contribution in [0.5, 0.6) is 23.0 Å². The molecule has 0 aliphatic heterocycles. The van der Waals surface area contributed by atoms with Crippen LogP contribution >= 0.6 is 0 Å². The molecule has 12 aromatic carbocycles. The predicted octanol–water partition coefficient (Wildman–Crippen LogP) is 22.9. The Morgan fingerprint density at radius 1 is 0.192 bits per heavy atom. The van der Waals surface area contributed by atoms with E-state index in [2.05, 4.69) is 194 Å². The Kier molecular flexibility index (Phi) is 27.4. The number of fused-ring (bicyclic) bond motifs is 8. The van der Waals surface area contributed by atoms with Crippen molar-refractivity contribution in [3.8, 4) is 23.0 Å². The Labute approximate surface area is 707 Å². The van der Waals surface area contributed by atoms with Crippen molar-refractivity contribution in [2.45, 2.75) is 73.0 Å². The van der Waals surface area contributed by atoms with Crippen LogP contribution in [0.4, 0.5) is 0 Å². The second-order valence-electron chi connectivity index (χ2n) is 29.8. The largest absolute Gasteiger partial charge is 0.493 e. The van der Waals surface area contributed by atoms with Gasteiger partial charge in [0.2, 0.25) is 0 Å². The minimum Gasteiger partial charge on any atom is -0.493 e. The summed E-state index contributed by atoms with van der Waals surface area (Å²) in [5.41, 5.74) is 22.9. The molecule has 608 valence electrons. The Morgan fingerprint density at radius 2 is 0.300 bits per heavy atom. The summed E-state index contributed by atoms with van der Waals surface area (Å²) in [5.74, 6) is 3.07. The van der Waals surface area contributed by atoms with Crippen molar-refractivity contribution in [3.63, 3.8) is 0 Å². The molecular weight excluding hydrogens is 1570 g/mol. The van der Waals surface area contributed by atoms with Crippen LogP contribution < -0.4 is 18.9 Å². The van der Waals surface area contributed by atoms with Gasteiger partial charge in [-0.05, 0) is 258 Å². The molecule has 12 nitrogen and oxygen atoms in total. The zero-order chi connectivity index (χ0) is 84.6. The number of hydrogen-bond donors (Lipinski definition) is 0. The third kappa shape index (κ3) is 23.1. The fraction of sp³-hybridized carbons (Fsp3) is 0.154. The van der Waals surface area contributed by atoms with E-state index in [1.807, 2.05) is 76.3 Å². The average molecular weight is 1670 g/mol. The van der Waals surface area contributed by atoms with Crippen molar-refractivity contribution in [2.75, 3.05) is 51.5 Å². The molecule has 0 N–H and O–H groups in total. The maximum Gasteiger partial charge on any atom is 0.175 e. The first-order valence-electron chi connectivity index (χ1n) is 39.9. The van der Waals surface area contributed by atoms with Crippen molar-refractivity contribution < 1.29 is 52.6 Å². The van der Waals surface area contributed by atoms with Crippen LogP contribution in [0.2, 0.25) is 0 Å². The summed E-state index contributed by atoms with van der Waals surface area (Å²) in [7, 11) is -13.3. The number of rotatable bonds is 28. The molecule has 12 aromatic rings. The molecule has 0 aromatic heterocycles. The molecule has 1 aliphatic rings. The fourth-order valence-electron chi connectivity index (χ4n) is 14.4. The van der Waals surface area contributed by atoms with Crippen LogP contribution in [0.25, 0.3) is 97.2 Å². The van der Waals surface area contributed by atoms with Gasteiger partial charge in [-0.15, -0.1) is 0 Å². The lowest BCUT2D eigenvalue weighted by molar-refractivity contribution is 0.326. The first-order valence-corrected chi connectivity index (χ1v) is 47.5. The molecule has 0 unspecified atom stereocenters. The summed E-state index contributed by atoms with van der Waals surface area (Å²) in [5, 5.41) is 0. The molecule has 13 rings (SSSR count). The summed E-state index contributed by atoms with van der Waals surface area (Å²) >= 11 is 0. The molecular formula is C104H96O12S4. The SMILES string of the molecule is CCOc1c2cc(C=Cc3ccc(/C=C\c4ccc(S(C)(=O)=O)cc4)cc3)cc1Cc1cc(/C=C/c3ccc(/C=C/c4ccc(S(C)(=O)=O)cc4)cc3)cc(c1OCC)Cc1cc(/C=C/c3ccc(/C=C/c4ccc(S(C)(=O)=O)cc4)cc3)cc(c1OCC)Cc1cc(/C=C/c3ccc(/C=C/c4ccc(S(C)(=O)=O)cc4)cc3)cc(c1OCC)C2. The second kappa shape index (κ2) is 38.5. The topological polar surface area (TPSA) is 173 Å². The maximum atomic E-state index is 12.2. The summed E-state index contributed by atoms with van der Waals surface area (Å²) in [4.78, 5) is 1.09. The van der Waals surface area contributed by atoms with Gasteiger partial charge < -0.3 is 18.9 Å². The standard InChI is InChI=1S/C104H96O12S4/c1-9-113-101-89-61-85(41-37-77-21-13-73(14-22-77)29-33-81-45-53-97(54-46-81)117(5,105)106)62-90(101)70-92-64-87(43-39-79-25-17-75(18-26-79)31-35-83-49-57-99(58-50-83)119(7,109)110)66-94(103(92)115-11-3)72-96-68-88(44-40-80-27-19-76(20-28-80)32-36-84-51-59-100(60-52-84)120(8,111)112)67-95(104(96)116-12-4)71-93-65-86(63-91(69-89)102(93)114-10-2)42-38-78-23-15-74(16-24-78)30-34-82-47-55-98(56-48-82)118(6,107)108/h13-68H,9-12,69-72H2,1-8H3/b33-29-,34-30+,35-31+,36-32+,41-37?,42-38+,43-39+,44-40+. The summed E-state index contributed by atoms with van der Waals surface area (Å²) in [6.07, 6.45) is 39.6. The fourth-order valence-corrected chi connectivity index (χ4v) is 16.9. The highest BCUT2D eigenvalue weighted by Gasteiger charge is 2.25. The Hall–Kier alpha value is -12.4. The molecule has 0 radical (unpaired) electrons. The van der Waals surface area contributed by atoms with Crippen LogP contribution in [-0.4, -0.2) is 85.1 Å². The number of sulfone groups is 4. The highest BCUT2D eigenvalue weighted by molar-refractivity contribution is 7.91. The highest BCUT2D eigenvalue weighted by Crippen LogP contribution is 2.42. The molecule has 0 saturated heterocycles. The van der Waals surface area contributed by atoms with Gasteiger partial charge in [0, 0.05) is 50.7 Å². The van der Waals surface area contributed by atoms with Gasteiger partial charge in [0.1, 0.15) is 23.0 Å². The van der Waals surface area contributed by atoms with Gasteiger partial charge in [0.05, 0.1) is 46.0 Å². The van der Waals surface area contributed by atoms with E-state index >= 15 is 0 Å². The van der Waals surface area contributed by atoms with Crippen LogP contribution in [0.1, 0.15) is 161 Å². The molecule has 0 amide bonds. The summed E-state index contributed by atoms with van der Waals surface area (Å²) in [6.45, 7) is 9.66. The van der Waals surface area contributed by atoms with E-state index in [4.69, 9.17) is 18.9 Å². The molecule has 0 heterocycles. The third-order valence-corrected chi connectivity index (χ3v) is 25.0. The minimum absolute atomic E-state index is 0.273. The number of benzene rings is 12. The van der Waals surface area contributed by atoms with Gasteiger partial charge >= 0.3 is 0 Å². The normalized spacial score (nSPS) is 13.0. The summed E-state index contributed by atoms with van der Waals surface area (Å²) in [6, 6.07) is 78.5. The smallest absolute Gasteiger partial charge is 0.175 e. The van der Waals surface area contributed by atoms with Crippen molar-refractivity contribution in [3.05, 3.63) is 376 Å². The average Bonchev–Trinajstić information content (AvgIpc) is 0.770. The predicted molar refractivity (Wildman–Crippen MR) is 497 cm³/mol. The molecule has 0 atom stereocenters. The molecule has 0 saturated carbocycles. The van der Waals surface area contributed by atoms with E-state index in [1.165, 1.54) is 25.0 Å². The van der Waals surface area contributed by atoms with E-state index in [9.17, 15) is 33.7 Å². The Balaban J connectivity index is 0.941. The monoisotopic (exact) mass is 1660 g/mol. The molecule has 16 heteroatoms. The van der Waals surface area contributed by atoms with Crippen molar-refractivity contribution in [1.29, 1.82) is 0 Å². The zero-order valence-corrected chi connectivity index (χ0v) is 71.8. The lowest BCUT2D eigenvalue weighted by Gasteiger charge is -2.24. The van der Waals surface area contributed by atoms with Crippen molar-refractivity contribution in [2.24, 2.45) is 0 Å². The maximum absolute atomic E-state index is 12.2. The van der Waals surface area contributed by atoms with E-state index in [0.29, 0.717) is 52.1 Å². The second-order valence-corrected chi connectivity index (χ2v) is 37.9. The summed E-state index contributed by atoms with van der Waals surface area (Å²) < 4.78 is 125. The lowest BCUT2D eigenvalue weighted by Crippen LogP contribution is -2.10.